The summed E-state index contributed by atoms with van der Waals surface area (Å²) in [5.41, 5.74) is -0.184. The second kappa shape index (κ2) is 7.43. The highest BCUT2D eigenvalue weighted by molar-refractivity contribution is 5.94. The van der Waals surface area contributed by atoms with Crippen LogP contribution in [0.3, 0.4) is 0 Å². The fourth-order valence-electron chi connectivity index (χ4n) is 2.80. The zero-order chi connectivity index (χ0) is 17.8. The molecule has 8 nitrogen and oxygen atoms in total. The second-order valence-electron chi connectivity index (χ2n) is 6.02. The van der Waals surface area contributed by atoms with Gasteiger partial charge in [-0.25, -0.2) is 9.97 Å². The van der Waals surface area contributed by atoms with Crippen molar-refractivity contribution < 1.29 is 9.53 Å². The summed E-state index contributed by atoms with van der Waals surface area (Å²) in [7, 11) is 1.62. The van der Waals surface area contributed by atoms with Gasteiger partial charge in [0.2, 0.25) is 0 Å². The summed E-state index contributed by atoms with van der Waals surface area (Å²) < 4.78 is 6.91. The molecule has 2 atom stereocenters. The average Bonchev–Trinajstić information content (AvgIpc) is 2.59. The van der Waals surface area contributed by atoms with Gasteiger partial charge in [-0.05, 0) is 31.5 Å². The molecule has 2 N–H and O–H groups in total. The van der Waals surface area contributed by atoms with E-state index < -0.39 is 0 Å². The van der Waals surface area contributed by atoms with Crippen LogP contribution < -0.4 is 16.2 Å². The molecule has 1 fully saturated rings. The van der Waals surface area contributed by atoms with Gasteiger partial charge in [0.05, 0.1) is 18.7 Å². The molecule has 2 aromatic heterocycles. The van der Waals surface area contributed by atoms with E-state index in [9.17, 15) is 9.59 Å². The monoisotopic (exact) mass is 343 g/mol. The Morgan fingerprint density at radius 3 is 3.00 bits per heavy atom. The molecule has 3 rings (SSSR count). The second-order valence-corrected chi connectivity index (χ2v) is 6.02. The number of carbonyl (C=O) groups is 1. The normalized spacial score (nSPS) is 20.1. The maximum Gasteiger partial charge on any atom is 0.263 e. The fourth-order valence-corrected chi connectivity index (χ4v) is 2.80. The molecule has 1 aliphatic rings. The molecule has 8 heteroatoms. The van der Waals surface area contributed by atoms with E-state index in [2.05, 4.69) is 20.6 Å². The Hall–Kier alpha value is -2.74. The van der Waals surface area contributed by atoms with E-state index in [0.29, 0.717) is 31.3 Å². The van der Waals surface area contributed by atoms with E-state index in [1.807, 2.05) is 6.92 Å². The first kappa shape index (κ1) is 17.1. The Labute approximate surface area is 145 Å². The third kappa shape index (κ3) is 4.03. The number of amides is 1. The van der Waals surface area contributed by atoms with E-state index in [0.717, 1.165) is 0 Å². The molecule has 0 aliphatic carbocycles. The fraction of sp³-hybridized carbons (Fsp3) is 0.412. The summed E-state index contributed by atoms with van der Waals surface area (Å²) in [6, 6.07) is 4.68. The standard InChI is InChI=1S/C17H21N5O3/c1-11-18-7-5-15(19-11)20-14-10-25-9-6-13(14)21-16(23)12-4-3-8-22(2)17(12)24/h3-5,7-8,13-14H,6,9-10H2,1-2H3,(H,21,23)(H,18,19,20)/t13-,14+/m0/s1. The first-order chi connectivity index (χ1) is 12.0. The van der Waals surface area contributed by atoms with Crippen molar-refractivity contribution in [2.24, 2.45) is 7.05 Å². The molecule has 132 valence electrons. The van der Waals surface area contributed by atoms with E-state index >= 15 is 0 Å². The van der Waals surface area contributed by atoms with Crippen LogP contribution in [0.1, 0.15) is 22.6 Å². The first-order valence-electron chi connectivity index (χ1n) is 8.15. The summed E-state index contributed by atoms with van der Waals surface area (Å²) in [4.78, 5) is 33.0. The van der Waals surface area contributed by atoms with E-state index in [1.54, 1.807) is 31.6 Å². The van der Waals surface area contributed by atoms with Gasteiger partial charge in [0.1, 0.15) is 17.2 Å². The molecule has 0 aromatic carbocycles. The van der Waals surface area contributed by atoms with E-state index in [4.69, 9.17) is 4.74 Å². The Morgan fingerprint density at radius 1 is 1.36 bits per heavy atom. The van der Waals surface area contributed by atoms with Crippen LogP contribution in [0.15, 0.2) is 35.4 Å². The third-order valence-corrected chi connectivity index (χ3v) is 4.15. The maximum absolute atomic E-state index is 12.5. The van der Waals surface area contributed by atoms with Gasteiger partial charge in [0, 0.05) is 26.0 Å². The smallest absolute Gasteiger partial charge is 0.263 e. The van der Waals surface area contributed by atoms with Crippen LogP contribution in [-0.2, 0) is 11.8 Å². The molecule has 0 unspecified atom stereocenters. The minimum absolute atomic E-state index is 0.133. The lowest BCUT2D eigenvalue weighted by Gasteiger charge is -2.33. The summed E-state index contributed by atoms with van der Waals surface area (Å²) in [6.07, 6.45) is 3.95. The molecule has 1 saturated heterocycles. The number of aromatic nitrogens is 3. The quantitative estimate of drug-likeness (QED) is 0.838. The lowest BCUT2D eigenvalue weighted by Crippen LogP contribution is -2.53. The number of nitrogens with one attached hydrogen (secondary N) is 2. The molecule has 1 amide bonds. The predicted octanol–water partition coefficient (Wildman–Crippen LogP) is 0.483. The number of nitrogens with zero attached hydrogens (tertiary/aromatic N) is 3. The lowest BCUT2D eigenvalue weighted by atomic mass is 10.0. The summed E-state index contributed by atoms with van der Waals surface area (Å²) in [5, 5.41) is 6.23. The number of pyridine rings is 1. The van der Waals surface area contributed by atoms with Crippen molar-refractivity contribution in [3.63, 3.8) is 0 Å². The first-order valence-corrected chi connectivity index (χ1v) is 8.15. The van der Waals surface area contributed by atoms with Crippen molar-refractivity contribution in [2.45, 2.75) is 25.4 Å². The summed E-state index contributed by atoms with van der Waals surface area (Å²) >= 11 is 0. The van der Waals surface area contributed by atoms with Crippen molar-refractivity contribution in [2.75, 3.05) is 18.5 Å². The number of hydrogen-bond acceptors (Lipinski definition) is 6. The van der Waals surface area contributed by atoms with Crippen molar-refractivity contribution >= 4 is 11.7 Å². The number of anilines is 1. The molecule has 2 aromatic rings. The van der Waals surface area contributed by atoms with Gasteiger partial charge in [0.25, 0.3) is 11.5 Å². The lowest BCUT2D eigenvalue weighted by molar-refractivity contribution is 0.0619. The van der Waals surface area contributed by atoms with Gasteiger partial charge in [-0.3, -0.25) is 9.59 Å². The van der Waals surface area contributed by atoms with Gasteiger partial charge >= 0.3 is 0 Å². The number of ether oxygens (including phenoxy) is 1. The van der Waals surface area contributed by atoms with Crippen molar-refractivity contribution in [3.8, 4) is 0 Å². The zero-order valence-electron chi connectivity index (χ0n) is 14.2. The Kier molecular flexibility index (Phi) is 5.08. The van der Waals surface area contributed by atoms with Crippen LogP contribution in [0, 0.1) is 6.92 Å². The van der Waals surface area contributed by atoms with Crippen molar-refractivity contribution in [1.29, 1.82) is 0 Å². The molecular formula is C17H21N5O3. The largest absolute Gasteiger partial charge is 0.379 e. The Balaban J connectivity index is 1.73. The maximum atomic E-state index is 12.5. The Morgan fingerprint density at radius 2 is 2.20 bits per heavy atom. The highest BCUT2D eigenvalue weighted by Crippen LogP contribution is 2.14. The van der Waals surface area contributed by atoms with Gasteiger partial charge in [-0.1, -0.05) is 0 Å². The molecule has 25 heavy (non-hydrogen) atoms. The number of hydrogen-bond donors (Lipinski definition) is 2. The molecule has 0 radical (unpaired) electrons. The van der Waals surface area contributed by atoms with Crippen molar-refractivity contribution in [3.05, 3.63) is 52.3 Å². The van der Waals surface area contributed by atoms with Gasteiger partial charge in [0.15, 0.2) is 0 Å². The van der Waals surface area contributed by atoms with E-state index in [-0.39, 0.29) is 29.1 Å². The SMILES string of the molecule is Cc1nccc(N[C@@H]2COCC[C@@H]2NC(=O)c2cccn(C)c2=O)n1. The van der Waals surface area contributed by atoms with Crippen molar-refractivity contribution in [1.82, 2.24) is 19.9 Å². The highest BCUT2D eigenvalue weighted by Gasteiger charge is 2.28. The minimum Gasteiger partial charge on any atom is -0.379 e. The average molecular weight is 343 g/mol. The highest BCUT2D eigenvalue weighted by atomic mass is 16.5. The van der Waals surface area contributed by atoms with Crippen LogP contribution in [0.5, 0.6) is 0 Å². The van der Waals surface area contributed by atoms with Crippen LogP contribution in [0.4, 0.5) is 5.82 Å². The summed E-state index contributed by atoms with van der Waals surface area (Å²) in [5.74, 6) is 0.965. The topological polar surface area (TPSA) is 98.1 Å². The van der Waals surface area contributed by atoms with Crippen LogP contribution in [0.25, 0.3) is 0 Å². The third-order valence-electron chi connectivity index (χ3n) is 4.15. The molecule has 1 aliphatic heterocycles. The van der Waals surface area contributed by atoms with Crippen LogP contribution >= 0.6 is 0 Å². The van der Waals surface area contributed by atoms with Gasteiger partial charge < -0.3 is 19.9 Å². The van der Waals surface area contributed by atoms with Gasteiger partial charge in [-0.2, -0.15) is 0 Å². The molecule has 3 heterocycles. The van der Waals surface area contributed by atoms with E-state index in [1.165, 1.54) is 10.6 Å². The Bertz CT molecular complexity index is 820. The number of rotatable bonds is 4. The zero-order valence-corrected chi connectivity index (χ0v) is 14.2. The molecule has 0 saturated carbocycles. The molecular weight excluding hydrogens is 322 g/mol. The molecule has 0 spiro atoms. The summed E-state index contributed by atoms with van der Waals surface area (Å²) in [6.45, 7) is 2.81. The number of aryl methyl sites for hydroxylation is 2. The minimum atomic E-state index is -0.376. The van der Waals surface area contributed by atoms with Crippen LogP contribution in [-0.4, -0.2) is 45.7 Å². The molecule has 0 bridgehead atoms. The van der Waals surface area contributed by atoms with Crippen LogP contribution in [0.2, 0.25) is 0 Å². The van der Waals surface area contributed by atoms with Gasteiger partial charge in [-0.15, -0.1) is 0 Å². The predicted molar refractivity (Wildman–Crippen MR) is 92.6 cm³/mol. The number of carbonyl (C=O) groups excluding carboxylic acids is 1.